The number of hydrogen-bond donors (Lipinski definition) is 3. The number of likely N-dealkylation sites (tertiary alicyclic amines) is 1. The number of aliphatic hydroxyl groups excluding tert-OH is 2. The summed E-state index contributed by atoms with van der Waals surface area (Å²) in [7, 11) is 1.67. The van der Waals surface area contributed by atoms with E-state index in [0.717, 1.165) is 35.5 Å². The van der Waals surface area contributed by atoms with Gasteiger partial charge in [-0.1, -0.05) is 11.6 Å². The van der Waals surface area contributed by atoms with E-state index in [1.807, 2.05) is 19.9 Å². The summed E-state index contributed by atoms with van der Waals surface area (Å²) in [6, 6.07) is 1.56. The smallest absolute Gasteiger partial charge is 0.164 e. The molecule has 184 valence electrons. The molecule has 0 radical (unpaired) electrons. The zero-order valence-corrected chi connectivity index (χ0v) is 21.3. The first kappa shape index (κ1) is 24.7. The highest BCUT2D eigenvalue weighted by molar-refractivity contribution is 6.31. The Morgan fingerprint density at radius 3 is 2.56 bits per heavy atom. The van der Waals surface area contributed by atoms with Gasteiger partial charge < -0.3 is 20.7 Å². The van der Waals surface area contributed by atoms with Gasteiger partial charge in [-0.2, -0.15) is 5.10 Å². The number of ether oxygens (including phenoxy) is 1. The molecular weight excluding hydrogens is 456 g/mol. The topological polar surface area (TPSA) is 123 Å². The minimum Gasteiger partial charge on any atom is -0.496 e. The summed E-state index contributed by atoms with van der Waals surface area (Å²) in [6.07, 6.45) is 0.152. The van der Waals surface area contributed by atoms with Crippen LogP contribution in [0.1, 0.15) is 68.1 Å². The van der Waals surface area contributed by atoms with Crippen LogP contribution in [0, 0.1) is 6.92 Å². The lowest BCUT2D eigenvalue weighted by Crippen LogP contribution is -2.54. The Balaban J connectivity index is 1.84. The second kappa shape index (κ2) is 8.96. The normalized spacial score (nSPS) is 17.1. The van der Waals surface area contributed by atoms with Crippen molar-refractivity contribution in [2.75, 3.05) is 32.5 Å². The predicted octanol–water partition coefficient (Wildman–Crippen LogP) is 3.21. The molecule has 3 heterocycles. The molecule has 4 N–H and O–H groups in total. The van der Waals surface area contributed by atoms with Crippen molar-refractivity contribution in [1.29, 1.82) is 0 Å². The Morgan fingerprint density at radius 2 is 1.97 bits per heavy atom. The average Bonchev–Trinajstić information content (AvgIpc) is 3.14. The van der Waals surface area contributed by atoms with Gasteiger partial charge in [0.1, 0.15) is 29.7 Å². The number of nitrogen functional groups attached to an aromatic ring is 1. The number of fused-ring (bicyclic) bond motifs is 1. The van der Waals surface area contributed by atoms with Crippen LogP contribution in [-0.4, -0.2) is 67.2 Å². The van der Waals surface area contributed by atoms with Crippen LogP contribution in [0.3, 0.4) is 0 Å². The molecule has 9 nitrogen and oxygen atoms in total. The first-order chi connectivity index (χ1) is 16.0. The van der Waals surface area contributed by atoms with Crippen LogP contribution >= 0.6 is 11.6 Å². The van der Waals surface area contributed by atoms with Crippen LogP contribution in [0.2, 0.25) is 5.02 Å². The molecule has 2 unspecified atom stereocenters. The summed E-state index contributed by atoms with van der Waals surface area (Å²) in [5.41, 5.74) is 9.87. The largest absolute Gasteiger partial charge is 0.496 e. The number of rotatable bonds is 6. The van der Waals surface area contributed by atoms with Gasteiger partial charge in [0.25, 0.3) is 0 Å². The summed E-state index contributed by atoms with van der Waals surface area (Å²) < 4.78 is 7.66. The van der Waals surface area contributed by atoms with E-state index in [1.54, 1.807) is 11.8 Å². The van der Waals surface area contributed by atoms with Crippen molar-refractivity contribution >= 4 is 28.5 Å². The van der Waals surface area contributed by atoms with Crippen molar-refractivity contribution in [3.05, 3.63) is 39.8 Å². The number of halogens is 1. The van der Waals surface area contributed by atoms with Crippen LogP contribution < -0.4 is 10.5 Å². The van der Waals surface area contributed by atoms with Crippen molar-refractivity contribution in [3.63, 3.8) is 0 Å². The fourth-order valence-electron chi connectivity index (χ4n) is 4.75. The summed E-state index contributed by atoms with van der Waals surface area (Å²) in [6.45, 7) is 12.0. The molecule has 2 aromatic heterocycles. The molecule has 1 aromatic carbocycles. The van der Waals surface area contributed by atoms with Crippen LogP contribution in [0.15, 0.2) is 12.4 Å². The van der Waals surface area contributed by atoms with Gasteiger partial charge in [0.05, 0.1) is 25.1 Å². The molecule has 1 aliphatic heterocycles. The molecule has 4 rings (SSSR count). The molecule has 1 fully saturated rings. The Morgan fingerprint density at radius 1 is 1.29 bits per heavy atom. The van der Waals surface area contributed by atoms with Gasteiger partial charge in [0, 0.05) is 40.7 Å². The molecule has 2 atom stereocenters. The van der Waals surface area contributed by atoms with Gasteiger partial charge in [0.2, 0.25) is 0 Å². The second-order valence-electron chi connectivity index (χ2n) is 9.95. The molecule has 3 aromatic rings. The number of anilines is 1. The maximum atomic E-state index is 10.4. The number of nitrogens with two attached hydrogens (primary N) is 1. The Bertz CT molecular complexity index is 1220. The summed E-state index contributed by atoms with van der Waals surface area (Å²) in [5.74, 6) is 1.28. The fraction of sp³-hybridized carbons (Fsp3) is 0.542. The average molecular weight is 489 g/mol. The molecular formula is C24H33ClN6O3. The van der Waals surface area contributed by atoms with Crippen LogP contribution in [0.4, 0.5) is 5.82 Å². The summed E-state index contributed by atoms with van der Waals surface area (Å²) in [5, 5.41) is 25.6. The number of aromatic nitrogens is 4. The van der Waals surface area contributed by atoms with Gasteiger partial charge in [0.15, 0.2) is 5.65 Å². The molecule has 1 saturated heterocycles. The molecule has 0 saturated carbocycles. The van der Waals surface area contributed by atoms with Gasteiger partial charge in [-0.15, -0.1) is 0 Å². The van der Waals surface area contributed by atoms with E-state index in [-0.39, 0.29) is 23.1 Å². The Labute approximate surface area is 204 Å². The van der Waals surface area contributed by atoms with Crippen molar-refractivity contribution in [1.82, 2.24) is 24.6 Å². The van der Waals surface area contributed by atoms with E-state index < -0.39 is 12.7 Å². The molecule has 34 heavy (non-hydrogen) atoms. The third-order valence-electron chi connectivity index (χ3n) is 6.84. The highest BCUT2D eigenvalue weighted by Crippen LogP contribution is 2.45. The van der Waals surface area contributed by atoms with Gasteiger partial charge in [-0.25, -0.2) is 14.6 Å². The molecule has 0 amide bonds. The lowest BCUT2D eigenvalue weighted by Gasteiger charge is -2.48. The molecule has 0 aliphatic carbocycles. The van der Waals surface area contributed by atoms with Crippen LogP contribution in [0.25, 0.3) is 11.0 Å². The molecule has 0 spiro atoms. The predicted molar refractivity (Wildman–Crippen MR) is 132 cm³/mol. The van der Waals surface area contributed by atoms with E-state index in [9.17, 15) is 10.2 Å². The quantitative estimate of drug-likeness (QED) is 0.483. The molecule has 10 heteroatoms. The minimum absolute atomic E-state index is 0.101. The highest BCUT2D eigenvalue weighted by atomic mass is 35.5. The third-order valence-corrected chi connectivity index (χ3v) is 7.24. The van der Waals surface area contributed by atoms with Crippen LogP contribution in [-0.2, 0) is 0 Å². The van der Waals surface area contributed by atoms with Crippen LogP contribution in [0.5, 0.6) is 5.75 Å². The van der Waals surface area contributed by atoms with E-state index in [0.29, 0.717) is 22.0 Å². The van der Waals surface area contributed by atoms with Gasteiger partial charge in [-0.05, 0) is 46.2 Å². The first-order valence-corrected chi connectivity index (χ1v) is 11.8. The monoisotopic (exact) mass is 488 g/mol. The van der Waals surface area contributed by atoms with Crippen molar-refractivity contribution in [2.45, 2.75) is 58.2 Å². The van der Waals surface area contributed by atoms with E-state index in [2.05, 4.69) is 40.7 Å². The fourth-order valence-corrected chi connectivity index (χ4v) is 4.97. The van der Waals surface area contributed by atoms with Gasteiger partial charge >= 0.3 is 0 Å². The first-order valence-electron chi connectivity index (χ1n) is 11.4. The lowest BCUT2D eigenvalue weighted by molar-refractivity contribution is 0.0459. The zero-order valence-electron chi connectivity index (χ0n) is 20.5. The van der Waals surface area contributed by atoms with E-state index in [1.165, 1.54) is 6.33 Å². The van der Waals surface area contributed by atoms with Crippen molar-refractivity contribution < 1.29 is 14.9 Å². The molecule has 1 aliphatic rings. The summed E-state index contributed by atoms with van der Waals surface area (Å²) in [4.78, 5) is 10.9. The number of nitrogens with zero attached hydrogens (tertiary/aromatic N) is 5. The molecule has 0 bridgehead atoms. The maximum Gasteiger partial charge on any atom is 0.164 e. The standard InChI is InChI=1S/C24H33ClN6O3/c1-12-16(25)7-15(21(34-6)18(12)14-8-30(9-14)24(3,4)5)13(2)31-23-19(22(26)27-11-28-23)20(29-31)17(33)10-32/h7,11,13-14,17,32-33H,8-10H2,1-6H3,(H2,26,27,28). The lowest BCUT2D eigenvalue weighted by atomic mass is 9.82. The number of aliphatic hydroxyl groups is 2. The Hall–Kier alpha value is -2.46. The SMILES string of the molecule is COc1c(C(C)n2nc(C(O)CO)c3c(N)ncnc32)cc(Cl)c(C)c1C1CN(C(C)(C)C)C1. The zero-order chi connectivity index (χ0) is 24.9. The second-order valence-corrected chi connectivity index (χ2v) is 10.4. The summed E-state index contributed by atoms with van der Waals surface area (Å²) >= 11 is 6.73. The number of hydrogen-bond acceptors (Lipinski definition) is 8. The number of methoxy groups -OCH3 is 1. The Kier molecular flexibility index (Phi) is 6.50. The van der Waals surface area contributed by atoms with E-state index in [4.69, 9.17) is 22.1 Å². The number of benzene rings is 1. The van der Waals surface area contributed by atoms with Crippen molar-refractivity contribution in [3.8, 4) is 5.75 Å². The minimum atomic E-state index is -1.21. The third kappa shape index (κ3) is 4.00. The maximum absolute atomic E-state index is 10.4. The van der Waals surface area contributed by atoms with Gasteiger partial charge in [-0.3, -0.25) is 4.90 Å². The van der Waals surface area contributed by atoms with E-state index >= 15 is 0 Å². The van der Waals surface area contributed by atoms with Crippen molar-refractivity contribution in [2.24, 2.45) is 0 Å². The highest BCUT2D eigenvalue weighted by Gasteiger charge is 2.38.